The average molecular weight is 281 g/mol. The molecule has 0 aliphatic rings. The number of nitro groups is 1. The quantitative estimate of drug-likeness (QED) is 0.587. The van der Waals surface area contributed by atoms with Crippen LogP contribution in [0.1, 0.15) is 0 Å². The largest absolute Gasteiger partial charge is 0.378 e. The average Bonchev–Trinajstić information content (AvgIpc) is 2.97. The first kappa shape index (κ1) is 12.8. The normalized spacial score (nSPS) is 10.5. The molecular formula is C14H11N5O2. The third-order valence-electron chi connectivity index (χ3n) is 3.01. The molecule has 7 heteroatoms. The zero-order valence-electron chi connectivity index (χ0n) is 10.9. The first-order chi connectivity index (χ1) is 10.1. The van der Waals surface area contributed by atoms with Crippen LogP contribution in [0.5, 0.6) is 0 Å². The fourth-order valence-electron chi connectivity index (χ4n) is 1.97. The molecule has 3 rings (SSSR count). The Balaban J connectivity index is 1.97. The van der Waals surface area contributed by atoms with Crippen molar-refractivity contribution in [2.45, 2.75) is 0 Å². The number of nitrogens with two attached hydrogens (primary N) is 1. The van der Waals surface area contributed by atoms with Crippen LogP contribution in [0, 0.1) is 10.1 Å². The molecule has 0 atom stereocenters. The highest BCUT2D eigenvalue weighted by atomic mass is 16.6. The Kier molecular flexibility index (Phi) is 3.07. The molecule has 3 aromatic rings. The number of hydrogen-bond donors (Lipinski definition) is 1. The number of anilines is 1. The Hall–Kier alpha value is -3.22. The molecule has 0 saturated carbocycles. The lowest BCUT2D eigenvalue weighted by molar-refractivity contribution is -0.384. The summed E-state index contributed by atoms with van der Waals surface area (Å²) in [6, 6.07) is 12.6. The number of rotatable bonds is 3. The second-order valence-electron chi connectivity index (χ2n) is 4.37. The molecule has 0 radical (unpaired) electrons. The minimum absolute atomic E-state index is 0.130. The Morgan fingerprint density at radius 3 is 2.52 bits per heavy atom. The van der Waals surface area contributed by atoms with Crippen molar-refractivity contribution >= 4 is 11.5 Å². The van der Waals surface area contributed by atoms with Crippen molar-refractivity contribution in [3.05, 3.63) is 65.0 Å². The molecule has 0 amide bonds. The lowest BCUT2D eigenvalue weighted by atomic mass is 10.1. The summed E-state index contributed by atoms with van der Waals surface area (Å²) < 4.78 is 1.53. The zero-order valence-corrected chi connectivity index (χ0v) is 10.9. The highest BCUT2D eigenvalue weighted by Crippen LogP contribution is 2.22. The van der Waals surface area contributed by atoms with Crippen LogP contribution in [0.2, 0.25) is 0 Å². The van der Waals surface area contributed by atoms with Crippen LogP contribution >= 0.6 is 0 Å². The fraction of sp³-hybridized carbons (Fsp3) is 0. The van der Waals surface area contributed by atoms with E-state index in [9.17, 15) is 10.1 Å². The summed E-state index contributed by atoms with van der Waals surface area (Å²) in [5.74, 6) is 0.301. The molecule has 0 aliphatic heterocycles. The number of pyridine rings is 1. The van der Waals surface area contributed by atoms with Gasteiger partial charge in [-0.15, -0.1) is 0 Å². The molecule has 0 bridgehead atoms. The van der Waals surface area contributed by atoms with Crippen molar-refractivity contribution in [1.82, 2.24) is 14.8 Å². The molecular weight excluding hydrogens is 270 g/mol. The molecule has 21 heavy (non-hydrogen) atoms. The molecule has 0 fully saturated rings. The minimum Gasteiger partial charge on any atom is -0.378 e. The van der Waals surface area contributed by atoms with Gasteiger partial charge in [0.15, 0.2) is 5.82 Å². The third kappa shape index (κ3) is 2.44. The molecule has 1 aromatic carbocycles. The monoisotopic (exact) mass is 281 g/mol. The van der Waals surface area contributed by atoms with E-state index in [1.165, 1.54) is 16.8 Å². The maximum absolute atomic E-state index is 10.7. The van der Waals surface area contributed by atoms with E-state index in [0.717, 1.165) is 11.1 Å². The Morgan fingerprint density at radius 1 is 1.10 bits per heavy atom. The number of nitrogens with zero attached hydrogens (tertiary/aromatic N) is 4. The summed E-state index contributed by atoms with van der Waals surface area (Å²) in [5.41, 5.74) is 7.32. The van der Waals surface area contributed by atoms with Gasteiger partial charge in [-0.3, -0.25) is 10.1 Å². The summed E-state index contributed by atoms with van der Waals surface area (Å²) in [5, 5.41) is 14.9. The fourth-order valence-corrected chi connectivity index (χ4v) is 1.97. The second-order valence-corrected chi connectivity index (χ2v) is 4.37. The van der Waals surface area contributed by atoms with Crippen molar-refractivity contribution < 1.29 is 4.92 Å². The smallest absolute Gasteiger partial charge is 0.311 e. The molecule has 0 saturated heterocycles. The van der Waals surface area contributed by atoms with Gasteiger partial charge in [0.25, 0.3) is 0 Å². The van der Waals surface area contributed by atoms with Gasteiger partial charge in [-0.2, -0.15) is 5.10 Å². The minimum atomic E-state index is -0.565. The Bertz CT molecular complexity index is 798. The van der Waals surface area contributed by atoms with Crippen LogP contribution in [0.15, 0.2) is 54.9 Å². The Morgan fingerprint density at radius 2 is 1.86 bits per heavy atom. The van der Waals surface area contributed by atoms with Gasteiger partial charge in [-0.1, -0.05) is 30.3 Å². The Labute approximate surface area is 119 Å². The van der Waals surface area contributed by atoms with Gasteiger partial charge in [0.2, 0.25) is 5.82 Å². The van der Waals surface area contributed by atoms with Gasteiger partial charge in [0.05, 0.1) is 11.1 Å². The van der Waals surface area contributed by atoms with Crippen LogP contribution in [-0.2, 0) is 0 Å². The van der Waals surface area contributed by atoms with E-state index < -0.39 is 4.92 Å². The van der Waals surface area contributed by atoms with Gasteiger partial charge >= 0.3 is 5.69 Å². The first-order valence-corrected chi connectivity index (χ1v) is 6.16. The van der Waals surface area contributed by atoms with E-state index in [1.807, 2.05) is 30.3 Å². The molecule has 7 nitrogen and oxygen atoms in total. The van der Waals surface area contributed by atoms with E-state index in [4.69, 9.17) is 5.73 Å². The van der Waals surface area contributed by atoms with Crippen molar-refractivity contribution in [2.75, 3.05) is 5.73 Å². The lowest BCUT2D eigenvalue weighted by Crippen LogP contribution is -2.03. The van der Waals surface area contributed by atoms with Crippen molar-refractivity contribution in [3.8, 4) is 16.9 Å². The van der Waals surface area contributed by atoms with Crippen molar-refractivity contribution in [1.29, 1.82) is 0 Å². The SMILES string of the molecule is Nc1nc(-n2cc(-c3ccccc3)cn2)ccc1[N+](=O)[O-]. The summed E-state index contributed by atoms with van der Waals surface area (Å²) in [4.78, 5) is 14.2. The summed E-state index contributed by atoms with van der Waals surface area (Å²) >= 11 is 0. The van der Waals surface area contributed by atoms with Crippen LogP contribution in [0.4, 0.5) is 11.5 Å². The van der Waals surface area contributed by atoms with Crippen molar-refractivity contribution in [2.24, 2.45) is 0 Å². The van der Waals surface area contributed by atoms with Crippen LogP contribution < -0.4 is 5.73 Å². The first-order valence-electron chi connectivity index (χ1n) is 6.16. The molecule has 0 spiro atoms. The predicted molar refractivity (Wildman–Crippen MR) is 77.9 cm³/mol. The molecule has 0 unspecified atom stereocenters. The maximum Gasteiger partial charge on any atom is 0.311 e. The second kappa shape index (κ2) is 5.04. The number of aromatic nitrogens is 3. The third-order valence-corrected chi connectivity index (χ3v) is 3.01. The van der Waals surface area contributed by atoms with E-state index >= 15 is 0 Å². The number of nitrogen functional groups attached to an aromatic ring is 1. The van der Waals surface area contributed by atoms with Crippen molar-refractivity contribution in [3.63, 3.8) is 0 Å². The summed E-state index contributed by atoms with van der Waals surface area (Å²) in [7, 11) is 0. The molecule has 2 N–H and O–H groups in total. The molecule has 2 aromatic heterocycles. The van der Waals surface area contributed by atoms with Gasteiger partial charge in [-0.25, -0.2) is 9.67 Å². The zero-order chi connectivity index (χ0) is 14.8. The van der Waals surface area contributed by atoms with Crippen LogP contribution in [0.3, 0.4) is 0 Å². The summed E-state index contributed by atoms with van der Waals surface area (Å²) in [6.45, 7) is 0. The van der Waals surface area contributed by atoms with E-state index in [2.05, 4.69) is 10.1 Å². The van der Waals surface area contributed by atoms with E-state index in [-0.39, 0.29) is 11.5 Å². The van der Waals surface area contributed by atoms with Crippen LogP contribution in [-0.4, -0.2) is 19.7 Å². The standard InChI is InChI=1S/C14H11N5O2/c15-14-12(19(20)21)6-7-13(17-14)18-9-11(8-16-18)10-4-2-1-3-5-10/h1-9H,(H2,15,17). The number of hydrogen-bond acceptors (Lipinski definition) is 5. The highest BCUT2D eigenvalue weighted by molar-refractivity contribution is 5.62. The molecule has 104 valence electrons. The molecule has 0 aliphatic carbocycles. The van der Waals surface area contributed by atoms with Gasteiger partial charge < -0.3 is 5.73 Å². The predicted octanol–water partition coefficient (Wildman–Crippen LogP) is 2.42. The van der Waals surface area contributed by atoms with Gasteiger partial charge in [0, 0.05) is 17.8 Å². The topological polar surface area (TPSA) is 99.9 Å². The highest BCUT2D eigenvalue weighted by Gasteiger charge is 2.14. The maximum atomic E-state index is 10.7. The summed E-state index contributed by atoms with van der Waals surface area (Å²) in [6.07, 6.45) is 3.50. The van der Waals surface area contributed by atoms with E-state index in [1.54, 1.807) is 12.4 Å². The van der Waals surface area contributed by atoms with Crippen LogP contribution in [0.25, 0.3) is 16.9 Å². The lowest BCUT2D eigenvalue weighted by Gasteiger charge is -2.02. The van der Waals surface area contributed by atoms with E-state index in [0.29, 0.717) is 5.82 Å². The molecule has 2 heterocycles. The van der Waals surface area contributed by atoms with Gasteiger partial charge in [0.1, 0.15) is 0 Å². The number of benzene rings is 1. The van der Waals surface area contributed by atoms with Gasteiger partial charge in [-0.05, 0) is 11.6 Å².